The number of aromatic nitrogens is 1. The first-order valence-corrected chi connectivity index (χ1v) is 8.07. The molecule has 8 N–H and O–H groups in total. The van der Waals surface area contributed by atoms with E-state index in [2.05, 4.69) is 15.6 Å². The molecule has 2 rings (SSSR count). The van der Waals surface area contributed by atoms with Crippen LogP contribution in [-0.2, 0) is 16.0 Å². The van der Waals surface area contributed by atoms with Gasteiger partial charge in [0.05, 0.1) is 12.1 Å². The van der Waals surface area contributed by atoms with Crippen molar-refractivity contribution >= 4 is 29.1 Å². The number of H-pyrrole nitrogens is 1. The first-order valence-electron chi connectivity index (χ1n) is 8.07. The summed E-state index contributed by atoms with van der Waals surface area (Å²) in [6.45, 7) is 0.467. The standard InChI is InChI=1S/C17H23N6O2/c18-14(5-3-7-21-17(19)20)16(25)23-12(10-24)8-11-9-22-15-6-2-1-4-13(11)15/h1-2,4,6,9,12,14,22H,3,5,7-8,18H2,(H,23,25)(H4,19,20,21)/t12-,14-/m0/s1. The molecule has 1 heterocycles. The minimum atomic E-state index is -0.756. The lowest BCUT2D eigenvalue weighted by Gasteiger charge is -2.16. The summed E-state index contributed by atoms with van der Waals surface area (Å²) in [7, 11) is 0. The number of amides is 1. The Bertz CT molecular complexity index is 742. The average molecular weight is 343 g/mol. The number of hydrogen-bond acceptors (Lipinski definition) is 4. The van der Waals surface area contributed by atoms with Gasteiger partial charge >= 0.3 is 0 Å². The van der Waals surface area contributed by atoms with E-state index in [0.29, 0.717) is 25.8 Å². The number of aromatic amines is 1. The molecule has 1 aromatic heterocycles. The van der Waals surface area contributed by atoms with Gasteiger partial charge in [0.25, 0.3) is 0 Å². The molecule has 1 aromatic carbocycles. The number of rotatable bonds is 9. The van der Waals surface area contributed by atoms with Crippen molar-refractivity contribution in [1.29, 1.82) is 5.41 Å². The van der Waals surface area contributed by atoms with Gasteiger partial charge < -0.3 is 27.1 Å². The van der Waals surface area contributed by atoms with Crippen molar-refractivity contribution in [3.63, 3.8) is 0 Å². The second-order valence-corrected chi connectivity index (χ2v) is 5.83. The zero-order valence-electron chi connectivity index (χ0n) is 13.8. The maximum absolute atomic E-state index is 12.1. The number of guanidine groups is 1. The van der Waals surface area contributed by atoms with E-state index in [1.807, 2.05) is 36.7 Å². The molecule has 0 bridgehead atoms. The second-order valence-electron chi connectivity index (χ2n) is 5.83. The Balaban J connectivity index is 1.87. The lowest BCUT2D eigenvalue weighted by atomic mass is 10.0. The third kappa shape index (κ3) is 5.32. The minimum Gasteiger partial charge on any atom is -0.370 e. The molecule has 0 spiro atoms. The van der Waals surface area contributed by atoms with Crippen LogP contribution < -0.4 is 22.1 Å². The van der Waals surface area contributed by atoms with Crippen molar-refractivity contribution in [1.82, 2.24) is 15.6 Å². The van der Waals surface area contributed by atoms with E-state index in [1.54, 1.807) is 0 Å². The van der Waals surface area contributed by atoms with Crippen LogP contribution >= 0.6 is 0 Å². The first-order chi connectivity index (χ1) is 12.0. The van der Waals surface area contributed by atoms with Crippen LogP contribution in [0.25, 0.3) is 10.9 Å². The summed E-state index contributed by atoms with van der Waals surface area (Å²) in [6.07, 6.45) is 5.05. The summed E-state index contributed by atoms with van der Waals surface area (Å²) in [5, 5.41) is 13.3. The maximum Gasteiger partial charge on any atom is 0.237 e. The molecule has 1 radical (unpaired) electrons. The van der Waals surface area contributed by atoms with Crippen molar-refractivity contribution in [3.8, 4) is 0 Å². The molecule has 0 saturated heterocycles. The molecule has 25 heavy (non-hydrogen) atoms. The normalized spacial score (nSPS) is 13.2. The molecular formula is C17H23N6O2. The van der Waals surface area contributed by atoms with Crippen molar-refractivity contribution < 1.29 is 9.59 Å². The molecule has 0 aliphatic carbocycles. The van der Waals surface area contributed by atoms with Gasteiger partial charge in [-0.15, -0.1) is 0 Å². The lowest BCUT2D eigenvalue weighted by Crippen LogP contribution is -2.47. The Morgan fingerprint density at radius 3 is 2.84 bits per heavy atom. The third-order valence-electron chi connectivity index (χ3n) is 3.90. The molecular weight excluding hydrogens is 320 g/mol. The predicted molar refractivity (Wildman–Crippen MR) is 96.8 cm³/mol. The van der Waals surface area contributed by atoms with E-state index in [-0.39, 0.29) is 5.96 Å². The van der Waals surface area contributed by atoms with Crippen LogP contribution in [0.5, 0.6) is 0 Å². The van der Waals surface area contributed by atoms with Crippen molar-refractivity contribution in [3.05, 3.63) is 36.0 Å². The van der Waals surface area contributed by atoms with Gasteiger partial charge in [-0.1, -0.05) is 18.2 Å². The fraction of sp³-hybridized carbons (Fsp3) is 0.353. The molecule has 0 aliphatic heterocycles. The fourth-order valence-electron chi connectivity index (χ4n) is 2.60. The SMILES string of the molecule is N=C(N)NCCC[C@H](N)C(=O)N[C@H]([C]=O)Cc1c[nH]c2ccccc12. The lowest BCUT2D eigenvalue weighted by molar-refractivity contribution is -0.122. The van der Waals surface area contributed by atoms with Crippen LogP contribution in [0, 0.1) is 5.41 Å². The van der Waals surface area contributed by atoms with Crippen LogP contribution in [0.15, 0.2) is 30.5 Å². The Morgan fingerprint density at radius 1 is 1.36 bits per heavy atom. The smallest absolute Gasteiger partial charge is 0.237 e. The Labute approximate surface area is 145 Å². The van der Waals surface area contributed by atoms with Crippen LogP contribution in [0.1, 0.15) is 18.4 Å². The molecule has 8 heteroatoms. The quantitative estimate of drug-likeness (QED) is 0.213. The number of nitrogens with two attached hydrogens (primary N) is 2. The van der Waals surface area contributed by atoms with Crippen LogP contribution in [0.4, 0.5) is 0 Å². The maximum atomic E-state index is 12.1. The molecule has 133 valence electrons. The molecule has 0 aliphatic rings. The molecule has 2 aromatic rings. The van der Waals surface area contributed by atoms with Crippen molar-refractivity contribution in [2.24, 2.45) is 11.5 Å². The van der Waals surface area contributed by atoms with E-state index in [1.165, 1.54) is 0 Å². The summed E-state index contributed by atoms with van der Waals surface area (Å²) in [4.78, 5) is 26.5. The number of hydrogen-bond donors (Lipinski definition) is 6. The zero-order chi connectivity index (χ0) is 18.2. The van der Waals surface area contributed by atoms with Gasteiger partial charge in [0.15, 0.2) is 5.96 Å². The van der Waals surface area contributed by atoms with Gasteiger partial charge in [-0.2, -0.15) is 0 Å². The molecule has 2 atom stereocenters. The number of nitrogens with one attached hydrogen (secondary N) is 4. The van der Waals surface area contributed by atoms with E-state index >= 15 is 0 Å². The van der Waals surface area contributed by atoms with Crippen LogP contribution in [0.2, 0.25) is 0 Å². The fourth-order valence-corrected chi connectivity index (χ4v) is 2.60. The highest BCUT2D eigenvalue weighted by atomic mass is 16.2. The minimum absolute atomic E-state index is 0.118. The number of carbonyl (C=O) groups excluding carboxylic acids is 2. The Morgan fingerprint density at radius 2 is 2.12 bits per heavy atom. The number of fused-ring (bicyclic) bond motifs is 1. The van der Waals surface area contributed by atoms with Crippen LogP contribution in [-0.4, -0.2) is 41.8 Å². The van der Waals surface area contributed by atoms with Gasteiger partial charge in [-0.05, 0) is 24.5 Å². The molecule has 8 nitrogen and oxygen atoms in total. The van der Waals surface area contributed by atoms with Gasteiger partial charge in [-0.25, -0.2) is 0 Å². The zero-order valence-corrected chi connectivity index (χ0v) is 13.8. The van der Waals surface area contributed by atoms with Gasteiger partial charge in [0, 0.05) is 30.1 Å². The predicted octanol–water partition coefficient (Wildman–Crippen LogP) is -0.105. The average Bonchev–Trinajstić information content (AvgIpc) is 3.00. The molecule has 1 amide bonds. The highest BCUT2D eigenvalue weighted by Gasteiger charge is 2.19. The topological polar surface area (TPSA) is 150 Å². The number of benzene rings is 1. The number of carbonyl (C=O) groups is 1. The monoisotopic (exact) mass is 343 g/mol. The molecule has 0 saturated carbocycles. The highest BCUT2D eigenvalue weighted by molar-refractivity contribution is 5.86. The largest absolute Gasteiger partial charge is 0.370 e. The second kappa shape index (κ2) is 8.84. The van der Waals surface area contributed by atoms with Gasteiger partial charge in [0.2, 0.25) is 12.2 Å². The third-order valence-corrected chi connectivity index (χ3v) is 3.90. The summed E-state index contributed by atoms with van der Waals surface area (Å²) >= 11 is 0. The van der Waals surface area contributed by atoms with E-state index < -0.39 is 18.0 Å². The van der Waals surface area contributed by atoms with E-state index in [9.17, 15) is 9.59 Å². The molecule has 0 fully saturated rings. The van der Waals surface area contributed by atoms with Crippen LogP contribution in [0.3, 0.4) is 0 Å². The van der Waals surface area contributed by atoms with Gasteiger partial charge in [-0.3, -0.25) is 15.0 Å². The first kappa shape index (κ1) is 18.5. The van der Waals surface area contributed by atoms with Gasteiger partial charge in [0.1, 0.15) is 0 Å². The summed E-state index contributed by atoms with van der Waals surface area (Å²) < 4.78 is 0. The summed E-state index contributed by atoms with van der Waals surface area (Å²) in [6, 6.07) is 6.26. The van der Waals surface area contributed by atoms with E-state index in [0.717, 1.165) is 16.5 Å². The van der Waals surface area contributed by atoms with E-state index in [4.69, 9.17) is 16.9 Å². The highest BCUT2D eigenvalue weighted by Crippen LogP contribution is 2.18. The Hall–Kier alpha value is -2.87. The summed E-state index contributed by atoms with van der Waals surface area (Å²) in [5.41, 5.74) is 12.9. The van der Waals surface area contributed by atoms with Crippen molar-refractivity contribution in [2.75, 3.05) is 6.54 Å². The number of para-hydroxylation sites is 1. The summed E-state index contributed by atoms with van der Waals surface area (Å²) in [5.74, 6) is -0.511. The van der Waals surface area contributed by atoms with Crippen molar-refractivity contribution in [2.45, 2.75) is 31.3 Å². The molecule has 0 unspecified atom stereocenters. The Kier molecular flexibility index (Phi) is 6.53.